The zero-order valence-corrected chi connectivity index (χ0v) is 12.1. The van der Waals surface area contributed by atoms with Gasteiger partial charge in [0.05, 0.1) is 0 Å². The van der Waals surface area contributed by atoms with E-state index in [1.165, 1.54) is 11.9 Å². The Balaban J connectivity index is 2.26. The Morgan fingerprint density at radius 3 is 2.23 bits per heavy atom. The summed E-state index contributed by atoms with van der Waals surface area (Å²) in [7, 11) is 1.38. The van der Waals surface area contributed by atoms with Gasteiger partial charge >= 0.3 is 6.18 Å². The molecular weight excluding hydrogens is 301 g/mol. The number of nitrogens with zero attached hydrogens (tertiary/aromatic N) is 2. The zero-order chi connectivity index (χ0) is 16.7. The SMILES string of the molecule is CC1CN(C(=O)c2cc(O)cc(O)c2)CC(C(F)(F)F)N1C. The maximum atomic E-state index is 13.1. The fourth-order valence-electron chi connectivity index (χ4n) is 2.57. The highest BCUT2D eigenvalue weighted by atomic mass is 19.4. The van der Waals surface area contributed by atoms with Crippen LogP contribution in [0.25, 0.3) is 0 Å². The third kappa shape index (κ3) is 3.27. The van der Waals surface area contributed by atoms with Crippen LogP contribution >= 0.6 is 0 Å². The van der Waals surface area contributed by atoms with E-state index in [1.807, 2.05) is 0 Å². The first-order valence-electron chi connectivity index (χ1n) is 6.70. The molecule has 0 aromatic heterocycles. The first kappa shape index (κ1) is 16.4. The van der Waals surface area contributed by atoms with Crippen LogP contribution in [0.4, 0.5) is 13.2 Å². The minimum absolute atomic E-state index is 0.0461. The Hall–Kier alpha value is -1.96. The molecule has 1 saturated heterocycles. The molecule has 1 aliphatic heterocycles. The number of amides is 1. The van der Waals surface area contributed by atoms with E-state index in [9.17, 15) is 28.2 Å². The number of hydrogen-bond acceptors (Lipinski definition) is 4. The monoisotopic (exact) mass is 318 g/mol. The molecule has 8 heteroatoms. The highest BCUT2D eigenvalue weighted by Gasteiger charge is 2.48. The summed E-state index contributed by atoms with van der Waals surface area (Å²) in [6.45, 7) is 1.26. The Kier molecular flexibility index (Phi) is 4.23. The zero-order valence-electron chi connectivity index (χ0n) is 12.1. The van der Waals surface area contributed by atoms with Crippen molar-refractivity contribution in [1.29, 1.82) is 0 Å². The molecule has 1 heterocycles. The summed E-state index contributed by atoms with van der Waals surface area (Å²) in [6, 6.07) is 1.07. The highest BCUT2D eigenvalue weighted by Crippen LogP contribution is 2.30. The first-order valence-corrected chi connectivity index (χ1v) is 6.70. The van der Waals surface area contributed by atoms with E-state index >= 15 is 0 Å². The van der Waals surface area contributed by atoms with Crippen LogP contribution in [-0.4, -0.2) is 64.3 Å². The molecule has 1 aromatic rings. The van der Waals surface area contributed by atoms with Crippen molar-refractivity contribution in [3.63, 3.8) is 0 Å². The summed E-state index contributed by atoms with van der Waals surface area (Å²) in [6.07, 6.45) is -4.44. The van der Waals surface area contributed by atoms with Crippen LogP contribution in [0.2, 0.25) is 0 Å². The number of carbonyl (C=O) groups is 1. The van der Waals surface area contributed by atoms with Crippen LogP contribution in [0.3, 0.4) is 0 Å². The standard InChI is InChI=1S/C14H17F3N2O3/c1-8-6-19(7-12(18(8)2)14(15,16)17)13(22)9-3-10(20)5-11(21)4-9/h3-5,8,12,20-21H,6-7H2,1-2H3. The lowest BCUT2D eigenvalue weighted by Gasteiger charge is -2.44. The third-order valence-corrected chi connectivity index (χ3v) is 3.88. The van der Waals surface area contributed by atoms with Crippen molar-refractivity contribution < 1.29 is 28.2 Å². The van der Waals surface area contributed by atoms with E-state index in [0.29, 0.717) is 0 Å². The molecule has 0 aliphatic carbocycles. The van der Waals surface area contributed by atoms with Crippen molar-refractivity contribution in [2.45, 2.75) is 25.2 Å². The molecule has 2 atom stereocenters. The fourth-order valence-corrected chi connectivity index (χ4v) is 2.57. The normalized spacial score (nSPS) is 23.6. The topological polar surface area (TPSA) is 64.0 Å². The summed E-state index contributed by atoms with van der Waals surface area (Å²) in [5, 5.41) is 18.8. The van der Waals surface area contributed by atoms with Gasteiger partial charge in [-0.3, -0.25) is 9.69 Å². The minimum Gasteiger partial charge on any atom is -0.508 e. The average Bonchev–Trinajstić information content (AvgIpc) is 2.38. The highest BCUT2D eigenvalue weighted by molar-refractivity contribution is 5.95. The van der Waals surface area contributed by atoms with Crippen LogP contribution in [0.5, 0.6) is 11.5 Å². The molecule has 1 amide bonds. The summed E-state index contributed by atoms with van der Waals surface area (Å²) >= 11 is 0. The Morgan fingerprint density at radius 1 is 1.18 bits per heavy atom. The van der Waals surface area contributed by atoms with Crippen LogP contribution in [0.1, 0.15) is 17.3 Å². The maximum absolute atomic E-state index is 13.1. The predicted molar refractivity (Wildman–Crippen MR) is 72.7 cm³/mol. The van der Waals surface area contributed by atoms with Crippen LogP contribution in [0.15, 0.2) is 18.2 Å². The van der Waals surface area contributed by atoms with Gasteiger partial charge in [-0.05, 0) is 26.1 Å². The Labute approximate surface area is 125 Å². The van der Waals surface area contributed by atoms with Gasteiger partial charge in [0.2, 0.25) is 0 Å². The second kappa shape index (κ2) is 5.68. The van der Waals surface area contributed by atoms with Gasteiger partial charge in [0.1, 0.15) is 17.5 Å². The molecule has 0 radical (unpaired) electrons. The molecule has 0 bridgehead atoms. The van der Waals surface area contributed by atoms with Crippen molar-refractivity contribution >= 4 is 5.91 Å². The van der Waals surface area contributed by atoms with E-state index in [1.54, 1.807) is 6.92 Å². The largest absolute Gasteiger partial charge is 0.508 e. The summed E-state index contributed by atoms with van der Waals surface area (Å²) in [5.41, 5.74) is -0.0461. The summed E-state index contributed by atoms with van der Waals surface area (Å²) in [5.74, 6) is -1.30. The molecule has 1 aliphatic rings. The molecule has 0 spiro atoms. The van der Waals surface area contributed by atoms with Crippen molar-refractivity contribution in [3.8, 4) is 11.5 Å². The minimum atomic E-state index is -4.44. The number of rotatable bonds is 1. The molecule has 22 heavy (non-hydrogen) atoms. The Bertz CT molecular complexity index is 557. The summed E-state index contributed by atoms with van der Waals surface area (Å²) in [4.78, 5) is 14.6. The lowest BCUT2D eigenvalue weighted by molar-refractivity contribution is -0.197. The number of piperazine rings is 1. The van der Waals surface area contributed by atoms with Crippen molar-refractivity contribution in [1.82, 2.24) is 9.80 Å². The number of benzene rings is 1. The third-order valence-electron chi connectivity index (χ3n) is 3.88. The predicted octanol–water partition coefficient (Wildman–Crippen LogP) is 1.80. The van der Waals surface area contributed by atoms with Gasteiger partial charge in [0, 0.05) is 30.8 Å². The molecule has 2 N–H and O–H groups in total. The van der Waals surface area contributed by atoms with E-state index in [4.69, 9.17) is 0 Å². The van der Waals surface area contributed by atoms with Gasteiger partial charge < -0.3 is 15.1 Å². The number of hydrogen-bond donors (Lipinski definition) is 2. The molecule has 5 nitrogen and oxygen atoms in total. The van der Waals surface area contributed by atoms with Crippen molar-refractivity contribution in [2.75, 3.05) is 20.1 Å². The van der Waals surface area contributed by atoms with Gasteiger partial charge in [-0.15, -0.1) is 0 Å². The second-order valence-corrected chi connectivity index (χ2v) is 5.52. The molecular formula is C14H17F3N2O3. The second-order valence-electron chi connectivity index (χ2n) is 5.52. The first-order chi connectivity index (χ1) is 10.1. The number of alkyl halides is 3. The van der Waals surface area contributed by atoms with Crippen LogP contribution in [-0.2, 0) is 0 Å². The summed E-state index contributed by atoms with van der Waals surface area (Å²) < 4.78 is 39.2. The molecule has 2 unspecified atom stereocenters. The van der Waals surface area contributed by atoms with E-state index in [0.717, 1.165) is 23.1 Å². The number of halogens is 3. The molecule has 1 fully saturated rings. The van der Waals surface area contributed by atoms with Gasteiger partial charge in [0.15, 0.2) is 0 Å². The van der Waals surface area contributed by atoms with Gasteiger partial charge in [0.25, 0.3) is 5.91 Å². The average molecular weight is 318 g/mol. The van der Waals surface area contributed by atoms with E-state index in [-0.39, 0.29) is 23.6 Å². The van der Waals surface area contributed by atoms with Gasteiger partial charge in [-0.25, -0.2) is 0 Å². The number of likely N-dealkylation sites (N-methyl/N-ethyl adjacent to an activating group) is 1. The number of phenolic OH excluding ortho intramolecular Hbond substituents is 2. The molecule has 0 saturated carbocycles. The number of phenols is 2. The molecule has 1 aromatic carbocycles. The van der Waals surface area contributed by atoms with E-state index < -0.39 is 30.7 Å². The maximum Gasteiger partial charge on any atom is 0.405 e. The van der Waals surface area contributed by atoms with E-state index in [2.05, 4.69) is 0 Å². The number of carbonyl (C=O) groups excluding carboxylic acids is 1. The van der Waals surface area contributed by atoms with Crippen molar-refractivity contribution in [2.24, 2.45) is 0 Å². The van der Waals surface area contributed by atoms with Gasteiger partial charge in [-0.1, -0.05) is 0 Å². The Morgan fingerprint density at radius 2 is 1.73 bits per heavy atom. The fraction of sp³-hybridized carbons (Fsp3) is 0.500. The smallest absolute Gasteiger partial charge is 0.405 e. The van der Waals surface area contributed by atoms with Crippen LogP contribution < -0.4 is 0 Å². The molecule has 2 rings (SSSR count). The lowest BCUT2D eigenvalue weighted by Crippen LogP contribution is -2.62. The lowest BCUT2D eigenvalue weighted by atomic mass is 10.1. The quantitative estimate of drug-likeness (QED) is 0.829. The van der Waals surface area contributed by atoms with Crippen LogP contribution in [0, 0.1) is 0 Å². The van der Waals surface area contributed by atoms with Gasteiger partial charge in [-0.2, -0.15) is 13.2 Å². The molecule has 122 valence electrons. The number of aromatic hydroxyl groups is 2. The van der Waals surface area contributed by atoms with Crippen molar-refractivity contribution in [3.05, 3.63) is 23.8 Å².